The molecule has 2 unspecified atom stereocenters. The van der Waals surface area contributed by atoms with Gasteiger partial charge in [0.1, 0.15) is 11.9 Å². The Morgan fingerprint density at radius 2 is 1.97 bits per heavy atom. The minimum atomic E-state index is -0.239. The molecule has 32 heavy (non-hydrogen) atoms. The highest BCUT2D eigenvalue weighted by Crippen LogP contribution is 2.25. The second kappa shape index (κ2) is 11.4. The molecule has 1 fully saturated rings. The fourth-order valence-electron chi connectivity index (χ4n) is 3.93. The molecular formula is C24H29FIN5O. The molecule has 8 heteroatoms. The lowest BCUT2D eigenvalue weighted by molar-refractivity contribution is -0.0605. The zero-order chi connectivity index (χ0) is 21.6. The first-order valence-electron chi connectivity index (χ1n) is 10.5. The summed E-state index contributed by atoms with van der Waals surface area (Å²) in [5.74, 6) is 0.597. The zero-order valence-electron chi connectivity index (χ0n) is 18.3. The van der Waals surface area contributed by atoms with Crippen molar-refractivity contribution in [2.24, 2.45) is 4.99 Å². The molecule has 0 aliphatic carbocycles. The number of hydrogen-bond donors (Lipinski definition) is 1. The molecule has 170 valence electrons. The van der Waals surface area contributed by atoms with Crippen LogP contribution >= 0.6 is 24.0 Å². The fourth-order valence-corrected chi connectivity index (χ4v) is 3.93. The molecule has 0 radical (unpaired) electrons. The second-order valence-corrected chi connectivity index (χ2v) is 7.85. The van der Waals surface area contributed by atoms with Crippen LogP contribution in [-0.2, 0) is 17.8 Å². The van der Waals surface area contributed by atoms with Gasteiger partial charge in [0.25, 0.3) is 0 Å². The fraction of sp³-hybridized carbons (Fsp3) is 0.333. The molecule has 2 heterocycles. The van der Waals surface area contributed by atoms with Gasteiger partial charge in [0.15, 0.2) is 5.96 Å². The van der Waals surface area contributed by atoms with Gasteiger partial charge < -0.3 is 19.5 Å². The number of benzene rings is 2. The van der Waals surface area contributed by atoms with E-state index in [1.54, 1.807) is 25.4 Å². The summed E-state index contributed by atoms with van der Waals surface area (Å²) in [5, 5.41) is 3.48. The SMILES string of the molecule is CN=C(NCc1cccc(Cn2ccnc2)c1)N1CC(C)OC(c2ccc(F)cc2)C1.I. The topological polar surface area (TPSA) is 54.7 Å². The van der Waals surface area contributed by atoms with Crippen LogP contribution in [-0.4, -0.2) is 46.7 Å². The van der Waals surface area contributed by atoms with Gasteiger partial charge in [-0.3, -0.25) is 4.99 Å². The van der Waals surface area contributed by atoms with Crippen molar-refractivity contribution < 1.29 is 9.13 Å². The van der Waals surface area contributed by atoms with Crippen LogP contribution in [0.1, 0.15) is 29.7 Å². The maximum atomic E-state index is 13.3. The molecular weight excluding hydrogens is 520 g/mol. The van der Waals surface area contributed by atoms with E-state index in [0.29, 0.717) is 13.1 Å². The van der Waals surface area contributed by atoms with Crippen LogP contribution in [0.4, 0.5) is 4.39 Å². The van der Waals surface area contributed by atoms with E-state index in [9.17, 15) is 4.39 Å². The van der Waals surface area contributed by atoms with Crippen molar-refractivity contribution in [1.82, 2.24) is 19.8 Å². The first-order chi connectivity index (χ1) is 15.1. The van der Waals surface area contributed by atoms with Crippen LogP contribution in [0.5, 0.6) is 0 Å². The zero-order valence-corrected chi connectivity index (χ0v) is 20.6. The van der Waals surface area contributed by atoms with Crippen LogP contribution in [0.15, 0.2) is 72.2 Å². The Kier molecular flexibility index (Phi) is 8.63. The predicted octanol–water partition coefficient (Wildman–Crippen LogP) is 4.23. The van der Waals surface area contributed by atoms with Gasteiger partial charge in [-0.15, -0.1) is 24.0 Å². The van der Waals surface area contributed by atoms with E-state index < -0.39 is 0 Å². The Labute approximate surface area is 205 Å². The predicted molar refractivity (Wildman–Crippen MR) is 135 cm³/mol. The summed E-state index contributed by atoms with van der Waals surface area (Å²) in [6.07, 6.45) is 5.49. The Morgan fingerprint density at radius 1 is 1.19 bits per heavy atom. The Balaban J connectivity index is 0.00000289. The number of guanidine groups is 1. The molecule has 6 nitrogen and oxygen atoms in total. The van der Waals surface area contributed by atoms with Crippen molar-refractivity contribution in [2.75, 3.05) is 20.1 Å². The first kappa shape index (κ1) is 24.2. The Bertz CT molecular complexity index is 1010. The molecule has 1 aromatic heterocycles. The monoisotopic (exact) mass is 549 g/mol. The third-order valence-electron chi connectivity index (χ3n) is 5.38. The lowest BCUT2D eigenvalue weighted by Crippen LogP contribution is -2.50. The van der Waals surface area contributed by atoms with Gasteiger partial charge in [-0.05, 0) is 35.7 Å². The molecule has 2 aromatic carbocycles. The average molecular weight is 549 g/mol. The molecule has 2 atom stereocenters. The van der Waals surface area contributed by atoms with Crippen molar-refractivity contribution in [3.05, 3.63) is 89.8 Å². The lowest BCUT2D eigenvalue weighted by atomic mass is 10.1. The molecule has 1 aliphatic rings. The summed E-state index contributed by atoms with van der Waals surface area (Å²) in [5.41, 5.74) is 3.39. The summed E-state index contributed by atoms with van der Waals surface area (Å²) < 4.78 is 21.5. The number of rotatable bonds is 5. The summed E-state index contributed by atoms with van der Waals surface area (Å²) in [6, 6.07) is 15.0. The van der Waals surface area contributed by atoms with Crippen LogP contribution in [0.3, 0.4) is 0 Å². The van der Waals surface area contributed by atoms with E-state index in [2.05, 4.69) is 55.9 Å². The molecule has 0 bridgehead atoms. The van der Waals surface area contributed by atoms with E-state index in [0.717, 1.165) is 24.6 Å². The van der Waals surface area contributed by atoms with E-state index in [-0.39, 0.29) is 42.0 Å². The molecule has 0 spiro atoms. The summed E-state index contributed by atoms with van der Waals surface area (Å²) in [7, 11) is 1.80. The number of aliphatic imine (C=N–C) groups is 1. The Hall–Kier alpha value is -2.46. The van der Waals surface area contributed by atoms with Crippen molar-refractivity contribution in [3.8, 4) is 0 Å². The maximum absolute atomic E-state index is 13.3. The van der Waals surface area contributed by atoms with Crippen molar-refractivity contribution in [3.63, 3.8) is 0 Å². The molecule has 3 aromatic rings. The molecule has 4 rings (SSSR count). The number of halogens is 2. The van der Waals surface area contributed by atoms with Crippen molar-refractivity contribution in [1.29, 1.82) is 0 Å². The molecule has 1 saturated heterocycles. The number of nitrogens with zero attached hydrogens (tertiary/aromatic N) is 4. The highest BCUT2D eigenvalue weighted by atomic mass is 127. The van der Waals surface area contributed by atoms with Gasteiger partial charge in [0.2, 0.25) is 0 Å². The minimum absolute atomic E-state index is 0. The lowest BCUT2D eigenvalue weighted by Gasteiger charge is -2.38. The smallest absolute Gasteiger partial charge is 0.194 e. The highest BCUT2D eigenvalue weighted by molar-refractivity contribution is 14.0. The van der Waals surface area contributed by atoms with Crippen molar-refractivity contribution >= 4 is 29.9 Å². The van der Waals surface area contributed by atoms with Crippen molar-refractivity contribution in [2.45, 2.75) is 32.2 Å². The number of ether oxygens (including phenoxy) is 1. The van der Waals surface area contributed by atoms with Gasteiger partial charge in [0.05, 0.1) is 19.0 Å². The molecule has 1 aliphatic heterocycles. The third kappa shape index (κ3) is 6.29. The van der Waals surface area contributed by atoms with Crippen LogP contribution in [0, 0.1) is 5.82 Å². The van der Waals surface area contributed by atoms with Gasteiger partial charge >= 0.3 is 0 Å². The van der Waals surface area contributed by atoms with Gasteiger partial charge in [-0.2, -0.15) is 0 Å². The van der Waals surface area contributed by atoms with E-state index >= 15 is 0 Å². The maximum Gasteiger partial charge on any atom is 0.194 e. The number of morpholine rings is 1. The Morgan fingerprint density at radius 3 is 2.69 bits per heavy atom. The van der Waals surface area contributed by atoms with Crippen LogP contribution in [0.2, 0.25) is 0 Å². The minimum Gasteiger partial charge on any atom is -0.367 e. The number of aromatic nitrogens is 2. The number of nitrogens with one attached hydrogen (secondary N) is 1. The highest BCUT2D eigenvalue weighted by Gasteiger charge is 2.28. The number of hydrogen-bond acceptors (Lipinski definition) is 3. The molecule has 0 saturated carbocycles. The number of imidazole rings is 1. The molecule has 1 N–H and O–H groups in total. The van der Waals surface area contributed by atoms with Crippen LogP contribution in [0.25, 0.3) is 0 Å². The first-order valence-corrected chi connectivity index (χ1v) is 10.5. The summed E-state index contributed by atoms with van der Waals surface area (Å²) in [4.78, 5) is 10.8. The van der Waals surface area contributed by atoms with Gasteiger partial charge in [-0.25, -0.2) is 9.37 Å². The van der Waals surface area contributed by atoms with Crippen LogP contribution < -0.4 is 5.32 Å². The quantitative estimate of drug-likeness (QED) is 0.294. The molecule has 0 amide bonds. The largest absolute Gasteiger partial charge is 0.367 e. The second-order valence-electron chi connectivity index (χ2n) is 7.85. The normalized spacial score (nSPS) is 18.8. The summed E-state index contributed by atoms with van der Waals surface area (Å²) >= 11 is 0. The van der Waals surface area contributed by atoms with Gasteiger partial charge in [0, 0.05) is 39.1 Å². The standard InChI is InChI=1S/C24H28FN5O.HI/c1-18-14-30(16-23(31-18)21-6-8-22(25)9-7-21)24(26-2)28-13-19-4-3-5-20(12-19)15-29-11-10-27-17-29;/h3-12,17-18,23H,13-16H2,1-2H3,(H,26,28);1H. The average Bonchev–Trinajstić information content (AvgIpc) is 3.28. The summed E-state index contributed by atoms with van der Waals surface area (Å²) in [6.45, 7) is 4.93. The third-order valence-corrected chi connectivity index (χ3v) is 5.38. The van der Waals surface area contributed by atoms with E-state index in [1.807, 2.05) is 12.5 Å². The van der Waals surface area contributed by atoms with E-state index in [4.69, 9.17) is 4.74 Å². The van der Waals surface area contributed by atoms with Gasteiger partial charge in [-0.1, -0.05) is 36.4 Å². The van der Waals surface area contributed by atoms with E-state index in [1.165, 1.54) is 23.3 Å².